The minimum absolute atomic E-state index is 0.106. The van der Waals surface area contributed by atoms with Crippen LogP contribution >= 0.6 is 11.3 Å². The van der Waals surface area contributed by atoms with Crippen LogP contribution in [-0.2, 0) is 9.47 Å². The first-order valence-electron chi connectivity index (χ1n) is 5.10. The van der Waals surface area contributed by atoms with E-state index in [0.29, 0.717) is 11.5 Å². The van der Waals surface area contributed by atoms with Crippen molar-refractivity contribution in [3.63, 3.8) is 0 Å². The monoisotopic (exact) mass is 226 g/mol. The van der Waals surface area contributed by atoms with E-state index in [1.165, 1.54) is 11.3 Å². The predicted molar refractivity (Wildman–Crippen MR) is 58.3 cm³/mol. The molecule has 1 aliphatic heterocycles. The van der Waals surface area contributed by atoms with Crippen molar-refractivity contribution in [3.8, 4) is 0 Å². The highest BCUT2D eigenvalue weighted by atomic mass is 32.1. The summed E-state index contributed by atoms with van der Waals surface area (Å²) < 4.78 is 10.6. The van der Waals surface area contributed by atoms with E-state index in [1.54, 1.807) is 0 Å². The van der Waals surface area contributed by atoms with Crippen molar-refractivity contribution in [1.29, 1.82) is 0 Å². The fourth-order valence-corrected chi connectivity index (χ4v) is 2.41. The molecule has 0 radical (unpaired) electrons. The molecule has 0 bridgehead atoms. The largest absolute Gasteiger partial charge is 0.459 e. The van der Waals surface area contributed by atoms with Crippen molar-refractivity contribution in [2.75, 3.05) is 13.2 Å². The summed E-state index contributed by atoms with van der Waals surface area (Å²) in [6.07, 6.45) is 2.17. The van der Waals surface area contributed by atoms with Crippen LogP contribution in [0.2, 0.25) is 0 Å². The summed E-state index contributed by atoms with van der Waals surface area (Å²) in [5, 5.41) is 1.90. The fourth-order valence-electron chi connectivity index (χ4n) is 1.59. The minimum atomic E-state index is -0.224. The number of hydrogen-bond donors (Lipinski definition) is 0. The third-order valence-electron chi connectivity index (χ3n) is 2.47. The van der Waals surface area contributed by atoms with Crippen molar-refractivity contribution in [2.45, 2.75) is 25.9 Å². The number of esters is 1. The van der Waals surface area contributed by atoms with Gasteiger partial charge in [-0.3, -0.25) is 0 Å². The zero-order valence-electron chi connectivity index (χ0n) is 8.69. The maximum Gasteiger partial charge on any atom is 0.348 e. The van der Waals surface area contributed by atoms with Crippen LogP contribution in [0.4, 0.5) is 0 Å². The number of carbonyl (C=O) groups is 1. The Hall–Kier alpha value is -0.870. The van der Waals surface area contributed by atoms with Gasteiger partial charge in [-0.15, -0.1) is 11.3 Å². The van der Waals surface area contributed by atoms with E-state index >= 15 is 0 Å². The first-order valence-corrected chi connectivity index (χ1v) is 5.98. The van der Waals surface area contributed by atoms with E-state index in [9.17, 15) is 4.79 Å². The summed E-state index contributed by atoms with van der Waals surface area (Å²) in [5.41, 5.74) is 0.984. The smallest absolute Gasteiger partial charge is 0.348 e. The quantitative estimate of drug-likeness (QED) is 0.742. The lowest BCUT2D eigenvalue weighted by atomic mass is 10.2. The number of rotatable bonds is 3. The Bertz CT molecular complexity index is 339. The summed E-state index contributed by atoms with van der Waals surface area (Å²) in [7, 11) is 0. The fraction of sp³-hybridized carbons (Fsp3) is 0.545. The summed E-state index contributed by atoms with van der Waals surface area (Å²) in [5.74, 6) is -0.224. The lowest BCUT2D eigenvalue weighted by molar-refractivity contribution is 0.0165. The molecule has 0 aromatic carbocycles. The first kappa shape index (κ1) is 10.6. The molecule has 3 nitrogen and oxygen atoms in total. The third-order valence-corrected chi connectivity index (χ3v) is 3.47. The Morgan fingerprint density at radius 3 is 3.20 bits per heavy atom. The highest BCUT2D eigenvalue weighted by Crippen LogP contribution is 2.18. The summed E-state index contributed by atoms with van der Waals surface area (Å²) in [6, 6.07) is 1.92. The molecule has 0 saturated carbocycles. The zero-order valence-corrected chi connectivity index (χ0v) is 9.51. The van der Waals surface area contributed by atoms with E-state index in [2.05, 4.69) is 0 Å². The van der Waals surface area contributed by atoms with E-state index < -0.39 is 0 Å². The van der Waals surface area contributed by atoms with Gasteiger partial charge in [0.2, 0.25) is 0 Å². The van der Waals surface area contributed by atoms with Gasteiger partial charge in [0, 0.05) is 6.61 Å². The topological polar surface area (TPSA) is 35.5 Å². The van der Waals surface area contributed by atoms with Crippen LogP contribution in [0.3, 0.4) is 0 Å². The van der Waals surface area contributed by atoms with Crippen LogP contribution in [0, 0.1) is 6.92 Å². The van der Waals surface area contributed by atoms with Crippen LogP contribution < -0.4 is 0 Å². The molecule has 15 heavy (non-hydrogen) atoms. The van der Waals surface area contributed by atoms with Crippen molar-refractivity contribution in [2.24, 2.45) is 0 Å². The van der Waals surface area contributed by atoms with Gasteiger partial charge in [0.05, 0.1) is 6.10 Å². The molecule has 1 aromatic rings. The second-order valence-corrected chi connectivity index (χ2v) is 4.58. The molecule has 0 aliphatic carbocycles. The second-order valence-electron chi connectivity index (χ2n) is 3.67. The molecule has 4 heteroatoms. The van der Waals surface area contributed by atoms with E-state index in [1.807, 2.05) is 18.4 Å². The van der Waals surface area contributed by atoms with Crippen molar-refractivity contribution in [1.82, 2.24) is 0 Å². The van der Waals surface area contributed by atoms with Crippen LogP contribution in [0.25, 0.3) is 0 Å². The van der Waals surface area contributed by atoms with Crippen LogP contribution in [-0.4, -0.2) is 25.3 Å². The minimum Gasteiger partial charge on any atom is -0.459 e. The Balaban J connectivity index is 1.84. The highest BCUT2D eigenvalue weighted by molar-refractivity contribution is 7.12. The molecule has 2 rings (SSSR count). The average molecular weight is 226 g/mol. The van der Waals surface area contributed by atoms with E-state index in [0.717, 1.165) is 25.0 Å². The number of hydrogen-bond acceptors (Lipinski definition) is 4. The van der Waals surface area contributed by atoms with Gasteiger partial charge < -0.3 is 9.47 Å². The summed E-state index contributed by atoms with van der Waals surface area (Å²) in [6.45, 7) is 3.09. The Morgan fingerprint density at radius 2 is 2.60 bits per heavy atom. The third kappa shape index (κ3) is 2.58. The van der Waals surface area contributed by atoms with E-state index in [4.69, 9.17) is 9.47 Å². The molecule has 1 aromatic heterocycles. The zero-order chi connectivity index (χ0) is 10.7. The molecule has 0 spiro atoms. The van der Waals surface area contributed by atoms with Gasteiger partial charge in [0.25, 0.3) is 0 Å². The molecule has 0 amide bonds. The van der Waals surface area contributed by atoms with Crippen LogP contribution in [0.15, 0.2) is 11.4 Å². The van der Waals surface area contributed by atoms with Crippen LogP contribution in [0.5, 0.6) is 0 Å². The molecule has 1 saturated heterocycles. The second kappa shape index (κ2) is 4.77. The Morgan fingerprint density at radius 1 is 1.73 bits per heavy atom. The summed E-state index contributed by atoms with van der Waals surface area (Å²) in [4.78, 5) is 12.3. The maximum atomic E-state index is 11.6. The summed E-state index contributed by atoms with van der Waals surface area (Å²) >= 11 is 1.42. The standard InChI is InChI=1S/C11H14O3S/c1-8-4-6-15-10(8)11(12)14-7-9-3-2-5-13-9/h4,6,9H,2-3,5,7H2,1H3. The average Bonchev–Trinajstić information content (AvgIpc) is 2.84. The van der Waals surface area contributed by atoms with E-state index in [-0.39, 0.29) is 12.1 Å². The van der Waals surface area contributed by atoms with Gasteiger partial charge in [0.15, 0.2) is 0 Å². The van der Waals surface area contributed by atoms with Crippen LogP contribution in [0.1, 0.15) is 28.1 Å². The Labute approximate surface area is 93.0 Å². The van der Waals surface area contributed by atoms with Gasteiger partial charge in [-0.05, 0) is 36.8 Å². The Kier molecular flexibility index (Phi) is 3.38. The predicted octanol–water partition coefficient (Wildman–Crippen LogP) is 2.39. The van der Waals surface area contributed by atoms with Crippen molar-refractivity contribution >= 4 is 17.3 Å². The van der Waals surface area contributed by atoms with Crippen molar-refractivity contribution in [3.05, 3.63) is 21.9 Å². The van der Waals surface area contributed by atoms with Gasteiger partial charge in [-0.2, -0.15) is 0 Å². The number of thiophene rings is 1. The lowest BCUT2D eigenvalue weighted by Gasteiger charge is -2.09. The van der Waals surface area contributed by atoms with Gasteiger partial charge in [-0.25, -0.2) is 4.79 Å². The number of aryl methyl sites for hydroxylation is 1. The molecule has 0 N–H and O–H groups in total. The number of ether oxygens (including phenoxy) is 2. The number of carbonyl (C=O) groups excluding carboxylic acids is 1. The lowest BCUT2D eigenvalue weighted by Crippen LogP contribution is -2.17. The normalized spacial score (nSPS) is 20.5. The van der Waals surface area contributed by atoms with Crippen molar-refractivity contribution < 1.29 is 14.3 Å². The molecule has 1 fully saturated rings. The maximum absolute atomic E-state index is 11.6. The SMILES string of the molecule is Cc1ccsc1C(=O)OCC1CCCO1. The molecular formula is C11H14O3S. The molecule has 2 heterocycles. The van der Waals surface area contributed by atoms with Gasteiger partial charge >= 0.3 is 5.97 Å². The molecule has 82 valence electrons. The molecule has 1 atom stereocenters. The first-order chi connectivity index (χ1) is 7.27. The van der Waals surface area contributed by atoms with Gasteiger partial charge in [0.1, 0.15) is 11.5 Å². The van der Waals surface area contributed by atoms with Gasteiger partial charge in [-0.1, -0.05) is 0 Å². The molecular weight excluding hydrogens is 212 g/mol. The highest BCUT2D eigenvalue weighted by Gasteiger charge is 2.19. The molecule has 1 aliphatic rings. The molecule has 1 unspecified atom stereocenters.